The smallest absolute Gasteiger partial charge is 0.208 e. The Balaban J connectivity index is 0.00000300. The lowest BCUT2D eigenvalue weighted by atomic mass is 9.97. The highest BCUT2D eigenvalue weighted by molar-refractivity contribution is 14.0. The Morgan fingerprint density at radius 1 is 1.14 bits per heavy atom. The standard InChI is InChI=1S/C21H38N6O.HI/c1-5-27-10-6-7-19(27)14-24-21(22-4)23-13-18-8-11-26(12-9-18)15-20-25-16(2)17(3)28-20;/h18-19H,5-15H2,1-4H3,(H2,22,23,24);1H. The van der Waals surface area contributed by atoms with Crippen molar-refractivity contribution in [3.05, 3.63) is 17.3 Å². The predicted octanol–water partition coefficient (Wildman–Crippen LogP) is 2.77. The van der Waals surface area contributed by atoms with Crippen LogP contribution >= 0.6 is 24.0 Å². The van der Waals surface area contributed by atoms with E-state index in [9.17, 15) is 0 Å². The van der Waals surface area contributed by atoms with E-state index >= 15 is 0 Å². The Bertz CT molecular complexity index is 622. The van der Waals surface area contributed by atoms with E-state index in [4.69, 9.17) is 4.42 Å². The van der Waals surface area contributed by atoms with Crippen molar-refractivity contribution >= 4 is 29.9 Å². The first-order valence-electron chi connectivity index (χ1n) is 10.9. The fraction of sp³-hybridized carbons (Fsp3) is 0.810. The summed E-state index contributed by atoms with van der Waals surface area (Å²) in [4.78, 5) is 13.9. The van der Waals surface area contributed by atoms with E-state index in [0.29, 0.717) is 12.0 Å². The van der Waals surface area contributed by atoms with Crippen LogP contribution in [-0.2, 0) is 6.54 Å². The van der Waals surface area contributed by atoms with Gasteiger partial charge < -0.3 is 15.1 Å². The molecule has 166 valence electrons. The molecule has 0 radical (unpaired) electrons. The second-order valence-corrected chi connectivity index (χ2v) is 8.23. The summed E-state index contributed by atoms with van der Waals surface area (Å²) in [5.41, 5.74) is 1.01. The van der Waals surface area contributed by atoms with E-state index in [1.54, 1.807) is 0 Å². The number of hydrogen-bond donors (Lipinski definition) is 2. The predicted molar refractivity (Wildman–Crippen MR) is 129 cm³/mol. The molecule has 1 atom stereocenters. The lowest BCUT2D eigenvalue weighted by Gasteiger charge is -2.31. The van der Waals surface area contributed by atoms with Gasteiger partial charge in [-0.15, -0.1) is 24.0 Å². The normalized spacial score (nSPS) is 21.9. The first kappa shape index (κ1) is 24.4. The average Bonchev–Trinajstić information content (AvgIpc) is 3.28. The Kier molecular flexibility index (Phi) is 10.2. The van der Waals surface area contributed by atoms with Gasteiger partial charge in [0, 0.05) is 26.2 Å². The number of likely N-dealkylation sites (tertiary alicyclic amines) is 2. The summed E-state index contributed by atoms with van der Waals surface area (Å²) >= 11 is 0. The van der Waals surface area contributed by atoms with Crippen LogP contribution in [0.25, 0.3) is 0 Å². The summed E-state index contributed by atoms with van der Waals surface area (Å²) in [6, 6.07) is 0.647. The highest BCUT2D eigenvalue weighted by Gasteiger charge is 2.24. The monoisotopic (exact) mass is 518 g/mol. The molecule has 1 unspecified atom stereocenters. The minimum atomic E-state index is 0. The molecule has 0 spiro atoms. The van der Waals surface area contributed by atoms with Crippen molar-refractivity contribution in [2.75, 3.05) is 46.3 Å². The summed E-state index contributed by atoms with van der Waals surface area (Å²) < 4.78 is 5.73. The molecule has 2 aliphatic rings. The molecule has 0 amide bonds. The molecular weight excluding hydrogens is 479 g/mol. The van der Waals surface area contributed by atoms with Crippen LogP contribution in [0, 0.1) is 19.8 Å². The minimum absolute atomic E-state index is 0. The van der Waals surface area contributed by atoms with Gasteiger partial charge in [0.15, 0.2) is 5.96 Å². The maximum absolute atomic E-state index is 5.73. The summed E-state index contributed by atoms with van der Waals surface area (Å²) in [5.74, 6) is 3.43. The first-order valence-corrected chi connectivity index (χ1v) is 10.9. The van der Waals surface area contributed by atoms with Crippen LogP contribution in [0.2, 0.25) is 0 Å². The molecule has 2 saturated heterocycles. The quantitative estimate of drug-likeness (QED) is 0.329. The van der Waals surface area contributed by atoms with Crippen LogP contribution in [0.3, 0.4) is 0 Å². The van der Waals surface area contributed by atoms with Crippen molar-refractivity contribution in [2.45, 2.75) is 59.0 Å². The van der Waals surface area contributed by atoms with Gasteiger partial charge >= 0.3 is 0 Å². The molecule has 0 bridgehead atoms. The van der Waals surface area contributed by atoms with E-state index in [2.05, 4.69) is 37.3 Å². The van der Waals surface area contributed by atoms with Crippen molar-refractivity contribution in [1.29, 1.82) is 0 Å². The number of guanidine groups is 1. The number of halogens is 1. The number of aromatic nitrogens is 1. The van der Waals surface area contributed by atoms with Crippen LogP contribution in [-0.4, -0.2) is 73.1 Å². The highest BCUT2D eigenvalue weighted by atomic mass is 127. The average molecular weight is 518 g/mol. The van der Waals surface area contributed by atoms with Gasteiger partial charge in [0.05, 0.1) is 12.2 Å². The third kappa shape index (κ3) is 7.10. The van der Waals surface area contributed by atoms with Crippen LogP contribution < -0.4 is 10.6 Å². The number of nitrogens with one attached hydrogen (secondary N) is 2. The molecule has 0 saturated carbocycles. The molecule has 0 aliphatic carbocycles. The van der Waals surface area contributed by atoms with Crippen molar-refractivity contribution in [2.24, 2.45) is 10.9 Å². The number of piperidine rings is 1. The third-order valence-corrected chi connectivity index (χ3v) is 6.33. The van der Waals surface area contributed by atoms with Gasteiger partial charge in [0.2, 0.25) is 5.89 Å². The minimum Gasteiger partial charge on any atom is -0.444 e. The number of rotatable bonds is 7. The summed E-state index contributed by atoms with van der Waals surface area (Å²) in [7, 11) is 1.87. The number of nitrogens with zero attached hydrogens (tertiary/aromatic N) is 4. The van der Waals surface area contributed by atoms with Gasteiger partial charge in [0.1, 0.15) is 5.76 Å². The molecule has 2 aliphatic heterocycles. The molecule has 2 N–H and O–H groups in total. The van der Waals surface area contributed by atoms with Gasteiger partial charge in [-0.3, -0.25) is 14.8 Å². The number of aryl methyl sites for hydroxylation is 2. The molecule has 3 heterocycles. The van der Waals surface area contributed by atoms with E-state index in [0.717, 1.165) is 62.6 Å². The zero-order chi connectivity index (χ0) is 19.9. The Morgan fingerprint density at radius 3 is 2.48 bits per heavy atom. The van der Waals surface area contributed by atoms with Crippen molar-refractivity contribution in [3.63, 3.8) is 0 Å². The van der Waals surface area contributed by atoms with Gasteiger partial charge in [-0.05, 0) is 71.6 Å². The van der Waals surface area contributed by atoms with Crippen LogP contribution in [0.1, 0.15) is 50.0 Å². The number of aliphatic imine (C=N–C) groups is 1. The lowest BCUT2D eigenvalue weighted by Crippen LogP contribution is -2.46. The van der Waals surface area contributed by atoms with Crippen molar-refractivity contribution in [1.82, 2.24) is 25.4 Å². The van der Waals surface area contributed by atoms with Crippen molar-refractivity contribution in [3.8, 4) is 0 Å². The van der Waals surface area contributed by atoms with E-state index in [1.165, 1.54) is 32.2 Å². The largest absolute Gasteiger partial charge is 0.444 e. The zero-order valence-corrected chi connectivity index (χ0v) is 20.9. The number of likely N-dealkylation sites (N-methyl/N-ethyl adjacent to an activating group) is 1. The summed E-state index contributed by atoms with van der Waals surface area (Å²) in [6.45, 7) is 13.6. The molecular formula is C21H39IN6O. The van der Waals surface area contributed by atoms with Gasteiger partial charge in [-0.2, -0.15) is 0 Å². The van der Waals surface area contributed by atoms with E-state index < -0.39 is 0 Å². The van der Waals surface area contributed by atoms with E-state index in [-0.39, 0.29) is 24.0 Å². The number of hydrogen-bond acceptors (Lipinski definition) is 5. The fourth-order valence-corrected chi connectivity index (χ4v) is 4.37. The Hall–Kier alpha value is -0.870. The molecule has 3 rings (SSSR count). The summed E-state index contributed by atoms with van der Waals surface area (Å²) in [5, 5.41) is 7.07. The van der Waals surface area contributed by atoms with Gasteiger partial charge in [-0.1, -0.05) is 6.92 Å². The first-order chi connectivity index (χ1) is 13.6. The fourth-order valence-electron chi connectivity index (χ4n) is 4.37. The lowest BCUT2D eigenvalue weighted by molar-refractivity contribution is 0.164. The molecule has 7 nitrogen and oxygen atoms in total. The second kappa shape index (κ2) is 12.1. The zero-order valence-electron chi connectivity index (χ0n) is 18.5. The summed E-state index contributed by atoms with van der Waals surface area (Å²) in [6.07, 6.45) is 5.02. The molecule has 0 aromatic carbocycles. The van der Waals surface area contributed by atoms with Gasteiger partial charge in [-0.25, -0.2) is 4.98 Å². The van der Waals surface area contributed by atoms with E-state index in [1.807, 2.05) is 20.9 Å². The molecule has 8 heteroatoms. The van der Waals surface area contributed by atoms with Gasteiger partial charge in [0.25, 0.3) is 0 Å². The van der Waals surface area contributed by atoms with Crippen LogP contribution in [0.15, 0.2) is 9.41 Å². The molecule has 29 heavy (non-hydrogen) atoms. The highest BCUT2D eigenvalue weighted by Crippen LogP contribution is 2.19. The van der Waals surface area contributed by atoms with Crippen molar-refractivity contribution < 1.29 is 4.42 Å². The molecule has 2 fully saturated rings. The topological polar surface area (TPSA) is 68.9 Å². The van der Waals surface area contributed by atoms with Crippen LogP contribution in [0.5, 0.6) is 0 Å². The second-order valence-electron chi connectivity index (χ2n) is 8.23. The van der Waals surface area contributed by atoms with Crippen LogP contribution in [0.4, 0.5) is 0 Å². The SMILES string of the molecule is CCN1CCCC1CNC(=NC)NCC1CCN(Cc2nc(C)c(C)o2)CC1.I. The Labute approximate surface area is 193 Å². The maximum Gasteiger partial charge on any atom is 0.208 e. The number of oxazole rings is 1. The molecule has 1 aromatic heterocycles. The third-order valence-electron chi connectivity index (χ3n) is 6.33. The Morgan fingerprint density at radius 2 is 1.86 bits per heavy atom. The molecule has 1 aromatic rings. The maximum atomic E-state index is 5.73.